The molecule has 10 rings (SSSR count). The number of allylic oxidation sites excluding steroid dienone is 4. The molecule has 0 spiro atoms. The summed E-state index contributed by atoms with van der Waals surface area (Å²) >= 11 is 0. The minimum Gasteiger partial charge on any atom is -0.302 e. The molecule has 2 N–H and O–H groups in total. The Balaban J connectivity index is 0.845. The van der Waals surface area contributed by atoms with Crippen LogP contribution < -0.4 is 22.0 Å². The average molecular weight is 744 g/mol. The second kappa shape index (κ2) is 13.3. The standard InChI is InChI=1S/C44H33F2N8O2/c45-37-16-27(6-9-31(37)21-52-24-47-40-4-2-1-3-35(40)43(52)55)26-11-14-39-33(15-26)23-54(51-39)34-12-13-36-42(19-34)48-25-53(44(36)56)22-32-10-7-28(17-38(32)46)29-5-8-30-20-49-50-41(30)18-29/h1-20,23-25,30,33,39,41,50-51H,21-22H2/q+1. The first kappa shape index (κ1) is 33.5. The Morgan fingerprint density at radius 3 is 2.07 bits per heavy atom. The highest BCUT2D eigenvalue weighted by Crippen LogP contribution is 2.30. The molecule has 0 fully saturated rings. The predicted octanol–water partition coefficient (Wildman–Crippen LogP) is 5.88. The Hall–Kier alpha value is -7.08. The number of nitrogens with one attached hydrogen (secondary N) is 2. The van der Waals surface area contributed by atoms with E-state index in [0.717, 1.165) is 28.0 Å². The van der Waals surface area contributed by atoms with E-state index in [2.05, 4.69) is 38.1 Å². The maximum atomic E-state index is 15.4. The van der Waals surface area contributed by atoms with Gasteiger partial charge in [-0.2, -0.15) is 10.5 Å². The molecule has 4 aliphatic rings. The van der Waals surface area contributed by atoms with Crippen molar-refractivity contribution in [1.29, 1.82) is 0 Å². The summed E-state index contributed by atoms with van der Waals surface area (Å²) in [4.78, 5) is 35.4. The van der Waals surface area contributed by atoms with Gasteiger partial charge in [0.15, 0.2) is 6.21 Å². The van der Waals surface area contributed by atoms with Crippen molar-refractivity contribution >= 4 is 51.1 Å². The second-order valence-electron chi connectivity index (χ2n) is 14.4. The lowest BCUT2D eigenvalue weighted by molar-refractivity contribution is -0.497. The summed E-state index contributed by atoms with van der Waals surface area (Å²) < 4.78 is 35.5. The molecule has 2 aromatic heterocycles. The number of hydrazine groups is 1. The molecule has 56 heavy (non-hydrogen) atoms. The molecule has 0 amide bonds. The number of hydrogen-bond acceptors (Lipinski definition) is 7. The monoisotopic (exact) mass is 743 g/mol. The van der Waals surface area contributed by atoms with Crippen LogP contribution in [0.5, 0.6) is 0 Å². The molecule has 0 radical (unpaired) electrons. The van der Waals surface area contributed by atoms with Crippen LogP contribution in [0, 0.1) is 23.5 Å². The fraction of sp³-hybridized carbons (Fsp3) is 0.136. The number of rotatable bonds is 7. The van der Waals surface area contributed by atoms with Gasteiger partial charge in [0.2, 0.25) is 5.69 Å². The lowest BCUT2D eigenvalue weighted by atomic mass is 9.90. The van der Waals surface area contributed by atoms with Crippen LogP contribution in [0.15, 0.2) is 143 Å². The Labute approximate surface area is 318 Å². The number of halogens is 2. The molecule has 4 aromatic carbocycles. The molecule has 10 nitrogen and oxygen atoms in total. The smallest absolute Gasteiger partial charge is 0.261 e. The van der Waals surface area contributed by atoms with Crippen LogP contribution in [0.4, 0.5) is 14.5 Å². The van der Waals surface area contributed by atoms with Crippen molar-refractivity contribution in [3.8, 4) is 0 Å². The second-order valence-corrected chi connectivity index (χ2v) is 14.4. The number of fused-ring (bicyclic) bond motifs is 4. The van der Waals surface area contributed by atoms with Crippen LogP contribution in [0.1, 0.15) is 22.3 Å². The van der Waals surface area contributed by atoms with Gasteiger partial charge in [0.1, 0.15) is 17.7 Å². The van der Waals surface area contributed by atoms with Crippen molar-refractivity contribution < 1.29 is 13.5 Å². The number of para-hydroxylation sites is 1. The topological polar surface area (TPSA) is 109 Å². The predicted molar refractivity (Wildman–Crippen MR) is 213 cm³/mol. The number of benzene rings is 4. The fourth-order valence-electron chi connectivity index (χ4n) is 7.77. The summed E-state index contributed by atoms with van der Waals surface area (Å²) in [7, 11) is 0. The van der Waals surface area contributed by atoms with Crippen LogP contribution in [0.2, 0.25) is 0 Å². The largest absolute Gasteiger partial charge is 0.302 e. The maximum absolute atomic E-state index is 15.4. The molecular formula is C44H33F2N8O2+. The molecule has 6 aromatic rings. The van der Waals surface area contributed by atoms with Crippen LogP contribution in [-0.4, -0.2) is 48.3 Å². The normalized spacial score (nSPS) is 20.6. The van der Waals surface area contributed by atoms with Crippen molar-refractivity contribution in [2.75, 3.05) is 0 Å². The van der Waals surface area contributed by atoms with Crippen molar-refractivity contribution in [3.05, 3.63) is 183 Å². The Kier molecular flexibility index (Phi) is 7.98. The van der Waals surface area contributed by atoms with Crippen LogP contribution >= 0.6 is 0 Å². The molecule has 12 heteroatoms. The first-order valence-corrected chi connectivity index (χ1v) is 18.3. The molecule has 2 aliphatic heterocycles. The van der Waals surface area contributed by atoms with E-state index in [1.807, 2.05) is 71.7 Å². The summed E-state index contributed by atoms with van der Waals surface area (Å²) in [6.45, 7) is 0.119. The van der Waals surface area contributed by atoms with Crippen molar-refractivity contribution in [2.24, 2.45) is 16.9 Å². The van der Waals surface area contributed by atoms with Crippen LogP contribution in [0.3, 0.4) is 0 Å². The molecule has 4 unspecified atom stereocenters. The first-order chi connectivity index (χ1) is 27.3. The van der Waals surface area contributed by atoms with Crippen molar-refractivity contribution in [1.82, 2.24) is 30.0 Å². The van der Waals surface area contributed by atoms with Gasteiger partial charge >= 0.3 is 0 Å². The highest BCUT2D eigenvalue weighted by atomic mass is 19.1. The van der Waals surface area contributed by atoms with Gasteiger partial charge < -0.3 is 5.43 Å². The molecular weight excluding hydrogens is 711 g/mol. The molecule has 0 saturated heterocycles. The van der Waals surface area contributed by atoms with Gasteiger partial charge in [-0.15, -0.1) is 0 Å². The summed E-state index contributed by atoms with van der Waals surface area (Å²) in [5.41, 5.74) is 12.1. The van der Waals surface area contributed by atoms with Gasteiger partial charge in [0, 0.05) is 35.4 Å². The summed E-state index contributed by atoms with van der Waals surface area (Å²) in [6.07, 6.45) is 19.0. The number of aromatic nitrogens is 4. The first-order valence-electron chi connectivity index (χ1n) is 18.3. The zero-order valence-electron chi connectivity index (χ0n) is 29.8. The number of nitrogens with zero attached hydrogens (tertiary/aromatic N) is 6. The highest BCUT2D eigenvalue weighted by molar-refractivity contribution is 5.83. The van der Waals surface area contributed by atoms with Gasteiger partial charge in [0.05, 0.1) is 59.5 Å². The summed E-state index contributed by atoms with van der Waals surface area (Å²) in [5.74, 6) is -0.612. The molecule has 4 heterocycles. The van der Waals surface area contributed by atoms with E-state index in [1.165, 1.54) is 33.9 Å². The summed E-state index contributed by atoms with van der Waals surface area (Å²) in [6, 6.07) is 22.7. The highest BCUT2D eigenvalue weighted by Gasteiger charge is 2.34. The maximum Gasteiger partial charge on any atom is 0.261 e. The van der Waals surface area contributed by atoms with Crippen molar-refractivity contribution in [2.45, 2.75) is 25.2 Å². The third-order valence-corrected chi connectivity index (χ3v) is 10.9. The molecule has 4 atom stereocenters. The molecule has 2 aliphatic carbocycles. The third kappa shape index (κ3) is 5.95. The van der Waals surface area contributed by atoms with E-state index in [0.29, 0.717) is 32.9 Å². The van der Waals surface area contributed by atoms with E-state index < -0.39 is 11.6 Å². The minimum absolute atomic E-state index is 0.0198. The Bertz CT molecular complexity index is 2940. The minimum atomic E-state index is -0.402. The Morgan fingerprint density at radius 1 is 0.679 bits per heavy atom. The Morgan fingerprint density at radius 2 is 1.34 bits per heavy atom. The number of hydrogen-bond donors (Lipinski definition) is 2. The summed E-state index contributed by atoms with van der Waals surface area (Å²) in [5, 5.41) is 5.04. The van der Waals surface area contributed by atoms with E-state index >= 15 is 8.78 Å². The molecule has 0 saturated carbocycles. The molecule has 0 bridgehead atoms. The van der Waals surface area contributed by atoms with E-state index in [4.69, 9.17) is 0 Å². The third-order valence-electron chi connectivity index (χ3n) is 10.9. The van der Waals surface area contributed by atoms with Crippen LogP contribution in [0.25, 0.3) is 33.0 Å². The van der Waals surface area contributed by atoms with Crippen LogP contribution in [-0.2, 0) is 13.1 Å². The fourth-order valence-corrected chi connectivity index (χ4v) is 7.77. The quantitative estimate of drug-likeness (QED) is 0.198. The lowest BCUT2D eigenvalue weighted by Crippen LogP contribution is -2.31. The van der Waals surface area contributed by atoms with Gasteiger partial charge in [-0.25, -0.2) is 18.7 Å². The van der Waals surface area contributed by atoms with E-state index in [-0.39, 0.29) is 48.1 Å². The van der Waals surface area contributed by atoms with Crippen molar-refractivity contribution in [3.63, 3.8) is 0 Å². The zero-order chi connectivity index (χ0) is 37.9. The van der Waals surface area contributed by atoms with Gasteiger partial charge in [-0.05, 0) is 52.6 Å². The average Bonchev–Trinajstić information content (AvgIpc) is 3.88. The van der Waals surface area contributed by atoms with Gasteiger partial charge in [0.25, 0.3) is 11.1 Å². The van der Waals surface area contributed by atoms with E-state index in [1.54, 1.807) is 36.4 Å². The van der Waals surface area contributed by atoms with Gasteiger partial charge in [-0.3, -0.25) is 18.7 Å². The van der Waals surface area contributed by atoms with E-state index in [9.17, 15) is 9.59 Å². The lowest BCUT2D eigenvalue weighted by Gasteiger charge is -2.18. The molecule has 274 valence electrons. The SMILES string of the molecule is O=c1c2ccccc2ncn1Cc1ccc(C2=CC3C=[N+](c4ccc5c(=O)n(Cc6ccc(C7=CC8NN=CC8C=C7)cc6F)cnc5c4)NC3C=C2)cc1F. The zero-order valence-corrected chi connectivity index (χ0v) is 29.8. The number of hydrazone groups is 2. The van der Waals surface area contributed by atoms with Gasteiger partial charge in [-0.1, -0.05) is 77.5 Å².